The van der Waals surface area contributed by atoms with Gasteiger partial charge in [-0.3, -0.25) is 20.3 Å². The number of fused-ring (bicyclic) bond motifs is 1. The number of amides is 1. The van der Waals surface area contributed by atoms with Gasteiger partial charge < -0.3 is 20.5 Å². The average molecular weight is 582 g/mol. The summed E-state index contributed by atoms with van der Waals surface area (Å²) < 4.78 is 19.0. The van der Waals surface area contributed by atoms with Crippen molar-refractivity contribution in [1.29, 1.82) is 0 Å². The molecule has 5 rings (SSSR count). The van der Waals surface area contributed by atoms with Crippen molar-refractivity contribution < 1.29 is 19.0 Å². The fourth-order valence-corrected chi connectivity index (χ4v) is 7.02. The molecule has 3 unspecified atom stereocenters. The predicted molar refractivity (Wildman–Crippen MR) is 164 cm³/mol. The molecule has 2 aromatic rings. The summed E-state index contributed by atoms with van der Waals surface area (Å²) in [7, 11) is 0. The van der Waals surface area contributed by atoms with Crippen molar-refractivity contribution in [3.63, 3.8) is 0 Å². The summed E-state index contributed by atoms with van der Waals surface area (Å²) in [5.41, 5.74) is 3.66. The normalized spacial score (nSPS) is 24.7. The molecule has 230 valence electrons. The molecule has 42 heavy (non-hydrogen) atoms. The van der Waals surface area contributed by atoms with Crippen molar-refractivity contribution in [3.8, 4) is 0 Å². The first-order valence-electron chi connectivity index (χ1n) is 15.8. The minimum Gasteiger partial charge on any atom is -0.394 e. The van der Waals surface area contributed by atoms with E-state index in [4.69, 9.17) is 9.84 Å². The van der Waals surface area contributed by atoms with E-state index in [1.54, 1.807) is 12.1 Å². The zero-order valence-corrected chi connectivity index (χ0v) is 25.0. The lowest BCUT2D eigenvalue weighted by molar-refractivity contribution is 0.0341. The lowest BCUT2D eigenvalue weighted by Gasteiger charge is -2.51. The number of hydrogen-bond acceptors (Lipinski definition) is 7. The van der Waals surface area contributed by atoms with Crippen LogP contribution in [0.3, 0.4) is 0 Å². The molecule has 1 saturated carbocycles. The van der Waals surface area contributed by atoms with Gasteiger partial charge in [-0.1, -0.05) is 57.1 Å². The minimum atomic E-state index is -0.201. The largest absolute Gasteiger partial charge is 0.394 e. The number of piperazine rings is 1. The second-order valence-electron chi connectivity index (χ2n) is 12.2. The lowest BCUT2D eigenvalue weighted by Crippen LogP contribution is -2.71. The van der Waals surface area contributed by atoms with Gasteiger partial charge in [-0.2, -0.15) is 0 Å². The number of benzene rings is 2. The van der Waals surface area contributed by atoms with Crippen LogP contribution in [0.4, 0.5) is 10.1 Å². The maximum atomic E-state index is 13.8. The number of nitrogens with one attached hydrogen (secondary N) is 4. The van der Waals surface area contributed by atoms with Crippen LogP contribution in [0.2, 0.25) is 0 Å². The third kappa shape index (κ3) is 7.68. The number of nitrogens with zero attached hydrogens (tertiary/aromatic N) is 1. The summed E-state index contributed by atoms with van der Waals surface area (Å²) in [6.45, 7) is 4.74. The number of aryl methyl sites for hydroxylation is 1. The molecule has 0 bridgehead atoms. The summed E-state index contributed by atoms with van der Waals surface area (Å²) in [4.78, 5) is 15.4. The number of aliphatic hydroxyl groups is 1. The van der Waals surface area contributed by atoms with Gasteiger partial charge in [-0.25, -0.2) is 4.39 Å². The van der Waals surface area contributed by atoms with Gasteiger partial charge in [0.25, 0.3) is 5.91 Å². The second-order valence-corrected chi connectivity index (χ2v) is 12.2. The van der Waals surface area contributed by atoms with Crippen LogP contribution < -0.4 is 21.3 Å². The van der Waals surface area contributed by atoms with Gasteiger partial charge in [0.1, 0.15) is 12.0 Å². The third-order valence-electron chi connectivity index (χ3n) is 9.17. The van der Waals surface area contributed by atoms with Crippen LogP contribution in [0, 0.1) is 12.7 Å². The van der Waals surface area contributed by atoms with Crippen molar-refractivity contribution in [1.82, 2.24) is 20.9 Å². The number of carbonyl (C=O) groups is 1. The Balaban J connectivity index is 1.34. The minimum absolute atomic E-state index is 0.00275. The predicted octanol–water partition coefficient (Wildman–Crippen LogP) is 4.45. The molecule has 2 aromatic carbocycles. The van der Waals surface area contributed by atoms with Gasteiger partial charge in [-0.05, 0) is 61.2 Å². The molecule has 3 fully saturated rings. The van der Waals surface area contributed by atoms with Crippen LogP contribution in [0.1, 0.15) is 85.3 Å². The van der Waals surface area contributed by atoms with Gasteiger partial charge in [-0.15, -0.1) is 0 Å². The van der Waals surface area contributed by atoms with Crippen molar-refractivity contribution in [3.05, 3.63) is 65.0 Å². The van der Waals surface area contributed by atoms with E-state index >= 15 is 0 Å². The van der Waals surface area contributed by atoms with Crippen molar-refractivity contribution in [2.24, 2.45) is 0 Å². The highest BCUT2D eigenvalue weighted by atomic mass is 19.1. The van der Waals surface area contributed by atoms with Crippen LogP contribution >= 0.6 is 0 Å². The molecule has 3 atom stereocenters. The maximum absolute atomic E-state index is 13.8. The number of rotatable bonds is 9. The Labute approximate surface area is 249 Å². The maximum Gasteiger partial charge on any atom is 0.251 e. The Morgan fingerprint density at radius 2 is 1.76 bits per heavy atom. The third-order valence-corrected chi connectivity index (χ3v) is 9.17. The molecule has 3 aliphatic rings. The molecule has 8 nitrogen and oxygen atoms in total. The highest BCUT2D eigenvalue weighted by molar-refractivity contribution is 5.96. The summed E-state index contributed by atoms with van der Waals surface area (Å²) in [5, 5.41) is 23.4. The van der Waals surface area contributed by atoms with E-state index in [0.29, 0.717) is 18.7 Å². The van der Waals surface area contributed by atoms with E-state index in [9.17, 15) is 9.18 Å². The number of hydrogen-bond donors (Lipinski definition) is 5. The van der Waals surface area contributed by atoms with Crippen LogP contribution in [0.25, 0.3) is 0 Å². The van der Waals surface area contributed by atoms with E-state index in [2.05, 4.69) is 26.2 Å². The van der Waals surface area contributed by atoms with Gasteiger partial charge in [0, 0.05) is 42.5 Å². The fraction of sp³-hybridized carbons (Fsp3) is 0.606. The number of anilines is 1. The standard InChI is InChI=1S/C33H48FN5O3/c1-24-21-27(13-14-28(24)32(41)35-17-19-42-20-18-40)37-30-31-36-22-29(25-9-11-26(34)12-10-25)39(31)23-33(38-30)15-7-5-3-2-4-6-8-16-33/h9-14,21,29-31,36-38,40H,2-8,15-20,22-23H2,1H3,(H,35,41). The Hall–Kier alpha value is -2.56. The van der Waals surface area contributed by atoms with E-state index < -0.39 is 0 Å². The molecule has 9 heteroatoms. The zero-order valence-electron chi connectivity index (χ0n) is 25.0. The molecule has 2 aliphatic heterocycles. The number of halogens is 1. The van der Waals surface area contributed by atoms with E-state index in [0.717, 1.165) is 42.7 Å². The summed E-state index contributed by atoms with van der Waals surface area (Å²) >= 11 is 0. The van der Waals surface area contributed by atoms with Crippen LogP contribution in [-0.4, -0.2) is 73.2 Å². The summed E-state index contributed by atoms with van der Waals surface area (Å²) in [5.74, 6) is -0.332. The van der Waals surface area contributed by atoms with Crippen LogP contribution in [-0.2, 0) is 4.74 Å². The first-order valence-corrected chi connectivity index (χ1v) is 15.8. The van der Waals surface area contributed by atoms with Crippen LogP contribution in [0.15, 0.2) is 42.5 Å². The quantitative estimate of drug-likeness (QED) is 0.279. The highest BCUT2D eigenvalue weighted by Crippen LogP contribution is 2.38. The Morgan fingerprint density at radius 1 is 1.05 bits per heavy atom. The van der Waals surface area contributed by atoms with Crippen LogP contribution in [0.5, 0.6) is 0 Å². The number of ether oxygens (including phenoxy) is 1. The van der Waals surface area contributed by atoms with Gasteiger partial charge in [0.15, 0.2) is 0 Å². The Bertz CT molecular complexity index is 1150. The van der Waals surface area contributed by atoms with Crippen molar-refractivity contribution in [2.45, 2.75) is 88.6 Å². The molecule has 1 amide bonds. The van der Waals surface area contributed by atoms with Crippen molar-refractivity contribution >= 4 is 11.6 Å². The molecule has 0 radical (unpaired) electrons. The zero-order chi connectivity index (χ0) is 29.4. The summed E-state index contributed by atoms with van der Waals surface area (Å²) in [6, 6.07) is 13.1. The molecule has 1 aliphatic carbocycles. The topological polar surface area (TPSA) is 97.9 Å². The smallest absolute Gasteiger partial charge is 0.251 e. The molecule has 1 spiro atoms. The number of carbonyl (C=O) groups excluding carboxylic acids is 1. The van der Waals surface area contributed by atoms with Gasteiger partial charge in [0.2, 0.25) is 0 Å². The number of aliphatic hydroxyl groups excluding tert-OH is 1. The van der Waals surface area contributed by atoms with E-state index in [1.165, 1.54) is 44.9 Å². The monoisotopic (exact) mass is 581 g/mol. The van der Waals surface area contributed by atoms with E-state index in [1.807, 2.05) is 37.3 Å². The Kier molecular flexibility index (Phi) is 10.8. The van der Waals surface area contributed by atoms with Gasteiger partial charge in [0.05, 0.1) is 26.0 Å². The Morgan fingerprint density at radius 3 is 2.45 bits per heavy atom. The summed E-state index contributed by atoms with van der Waals surface area (Å²) in [6.07, 6.45) is 11.3. The molecular weight excluding hydrogens is 533 g/mol. The van der Waals surface area contributed by atoms with E-state index in [-0.39, 0.29) is 48.9 Å². The highest BCUT2D eigenvalue weighted by Gasteiger charge is 2.49. The molecule has 2 saturated heterocycles. The second kappa shape index (κ2) is 14.8. The molecule has 0 aromatic heterocycles. The lowest BCUT2D eigenvalue weighted by atomic mass is 9.82. The fourth-order valence-electron chi connectivity index (χ4n) is 7.02. The first-order chi connectivity index (χ1) is 20.5. The molecular formula is C33H48FN5O3. The molecule has 2 heterocycles. The van der Waals surface area contributed by atoms with Gasteiger partial charge >= 0.3 is 0 Å². The average Bonchev–Trinajstić information content (AvgIpc) is 3.40. The molecule has 5 N–H and O–H groups in total. The van der Waals surface area contributed by atoms with Crippen molar-refractivity contribution in [2.75, 3.05) is 44.8 Å². The SMILES string of the molecule is Cc1cc(NC2NC3(CCCCCCCCC3)CN3C(c4ccc(F)cc4)CNC23)ccc1C(=O)NCCOCCO. The first kappa shape index (κ1) is 30.9.